The molecule has 0 atom stereocenters. The van der Waals surface area contributed by atoms with E-state index in [2.05, 4.69) is 31.7 Å². The molecule has 1 aliphatic rings. The van der Waals surface area contributed by atoms with Crippen LogP contribution in [0.1, 0.15) is 17.5 Å². The normalized spacial score (nSPS) is 15.9. The third kappa shape index (κ3) is 1.29. The second-order valence-electron chi connectivity index (χ2n) is 3.20. The maximum atomic E-state index is 4.08. The predicted molar refractivity (Wildman–Crippen MR) is 55.6 cm³/mol. The van der Waals surface area contributed by atoms with E-state index in [4.69, 9.17) is 0 Å². The fraction of sp³-hybridized carbons (Fsp3) is 0.273. The number of benzene rings is 1. The molecule has 0 bridgehead atoms. The van der Waals surface area contributed by atoms with Gasteiger partial charge in [-0.15, -0.1) is 11.8 Å². The zero-order valence-electron chi connectivity index (χ0n) is 7.26. The van der Waals surface area contributed by atoms with E-state index < -0.39 is 0 Å². The van der Waals surface area contributed by atoms with Crippen LogP contribution in [0.15, 0.2) is 29.7 Å². The van der Waals surface area contributed by atoms with Gasteiger partial charge in [0.05, 0.1) is 0 Å². The van der Waals surface area contributed by atoms with Gasteiger partial charge in [0.25, 0.3) is 0 Å². The highest BCUT2D eigenvalue weighted by Crippen LogP contribution is 2.36. The molecule has 0 fully saturated rings. The van der Waals surface area contributed by atoms with E-state index in [0.717, 1.165) is 6.42 Å². The first kappa shape index (κ1) is 7.93. The van der Waals surface area contributed by atoms with Crippen LogP contribution in [-0.4, -0.2) is 5.75 Å². The Balaban J connectivity index is 2.54. The third-order valence-corrected chi connectivity index (χ3v) is 3.25. The molecule has 0 amide bonds. The molecule has 0 nitrogen and oxygen atoms in total. The van der Waals surface area contributed by atoms with Crippen molar-refractivity contribution in [2.75, 3.05) is 5.75 Å². The van der Waals surface area contributed by atoms with Gasteiger partial charge >= 0.3 is 0 Å². The van der Waals surface area contributed by atoms with E-state index in [1.807, 2.05) is 11.8 Å². The van der Waals surface area contributed by atoms with E-state index in [1.165, 1.54) is 27.3 Å². The molecule has 0 saturated heterocycles. The van der Waals surface area contributed by atoms with Crippen molar-refractivity contribution in [1.82, 2.24) is 0 Å². The van der Waals surface area contributed by atoms with Crippen molar-refractivity contribution in [2.45, 2.75) is 18.2 Å². The molecule has 0 aliphatic carbocycles. The summed E-state index contributed by atoms with van der Waals surface area (Å²) in [6.07, 6.45) is 1.14. The van der Waals surface area contributed by atoms with Gasteiger partial charge in [-0.2, -0.15) is 0 Å². The van der Waals surface area contributed by atoms with Crippen molar-refractivity contribution >= 4 is 17.3 Å². The Bertz CT molecular complexity index is 326. The van der Waals surface area contributed by atoms with Crippen molar-refractivity contribution in [3.63, 3.8) is 0 Å². The Hall–Kier alpha value is -0.690. The first-order valence-corrected chi connectivity index (χ1v) is 5.17. The highest BCUT2D eigenvalue weighted by molar-refractivity contribution is 7.99. The molecule has 1 aromatic rings. The molecule has 1 heteroatoms. The van der Waals surface area contributed by atoms with Crippen LogP contribution in [0, 0.1) is 6.92 Å². The molecule has 1 heterocycles. The lowest BCUT2D eigenvalue weighted by atomic mass is 10.0. The van der Waals surface area contributed by atoms with E-state index in [9.17, 15) is 0 Å². The Morgan fingerprint density at radius 3 is 3.08 bits per heavy atom. The summed E-state index contributed by atoms with van der Waals surface area (Å²) in [5.74, 6) is 1.19. The van der Waals surface area contributed by atoms with Gasteiger partial charge in [0.2, 0.25) is 0 Å². The Kier molecular flexibility index (Phi) is 1.97. The number of fused-ring (bicyclic) bond motifs is 1. The molecule has 0 aromatic heterocycles. The van der Waals surface area contributed by atoms with Crippen LogP contribution in [0.3, 0.4) is 0 Å². The number of allylic oxidation sites excluding steroid dienone is 1. The van der Waals surface area contributed by atoms with Gasteiger partial charge in [-0.1, -0.05) is 24.3 Å². The Labute approximate surface area is 77.7 Å². The SMILES string of the molecule is C=C1CCSc2ccc(C)cc21. The molecule has 2 rings (SSSR count). The summed E-state index contributed by atoms with van der Waals surface area (Å²) >= 11 is 1.94. The molecular formula is C11H12S. The number of thioether (sulfide) groups is 1. The van der Waals surface area contributed by atoms with E-state index >= 15 is 0 Å². The minimum absolute atomic E-state index is 1.14. The predicted octanol–water partition coefficient (Wildman–Crippen LogP) is 3.50. The molecule has 0 unspecified atom stereocenters. The topological polar surface area (TPSA) is 0 Å². The monoisotopic (exact) mass is 176 g/mol. The number of rotatable bonds is 0. The van der Waals surface area contributed by atoms with Gasteiger partial charge < -0.3 is 0 Å². The van der Waals surface area contributed by atoms with Crippen LogP contribution in [0.4, 0.5) is 0 Å². The molecule has 0 spiro atoms. The molecule has 0 radical (unpaired) electrons. The van der Waals surface area contributed by atoms with Crippen LogP contribution >= 0.6 is 11.8 Å². The molecule has 62 valence electrons. The highest BCUT2D eigenvalue weighted by atomic mass is 32.2. The highest BCUT2D eigenvalue weighted by Gasteiger charge is 2.11. The minimum Gasteiger partial charge on any atom is -0.125 e. The third-order valence-electron chi connectivity index (χ3n) is 2.18. The van der Waals surface area contributed by atoms with Gasteiger partial charge in [-0.3, -0.25) is 0 Å². The van der Waals surface area contributed by atoms with E-state index in [0.29, 0.717) is 0 Å². The van der Waals surface area contributed by atoms with Crippen molar-refractivity contribution in [2.24, 2.45) is 0 Å². The number of hydrogen-bond acceptors (Lipinski definition) is 1. The van der Waals surface area contributed by atoms with Gasteiger partial charge in [-0.05, 0) is 30.5 Å². The zero-order chi connectivity index (χ0) is 8.55. The smallest absolute Gasteiger partial charge is 0.0147 e. The van der Waals surface area contributed by atoms with Crippen molar-refractivity contribution in [3.05, 3.63) is 35.9 Å². The Morgan fingerprint density at radius 1 is 1.42 bits per heavy atom. The van der Waals surface area contributed by atoms with Gasteiger partial charge in [0, 0.05) is 10.6 Å². The first-order chi connectivity index (χ1) is 5.77. The van der Waals surface area contributed by atoms with Crippen LogP contribution in [0.2, 0.25) is 0 Å². The van der Waals surface area contributed by atoms with Crippen LogP contribution in [-0.2, 0) is 0 Å². The lowest BCUT2D eigenvalue weighted by Gasteiger charge is -2.17. The summed E-state index contributed by atoms with van der Waals surface area (Å²) in [4.78, 5) is 1.40. The number of aryl methyl sites for hydroxylation is 1. The zero-order valence-corrected chi connectivity index (χ0v) is 8.08. The van der Waals surface area contributed by atoms with E-state index in [-0.39, 0.29) is 0 Å². The fourth-order valence-corrected chi connectivity index (χ4v) is 2.56. The largest absolute Gasteiger partial charge is 0.125 e. The van der Waals surface area contributed by atoms with Gasteiger partial charge in [0.1, 0.15) is 0 Å². The molecule has 1 aliphatic heterocycles. The van der Waals surface area contributed by atoms with Gasteiger partial charge in [0.15, 0.2) is 0 Å². The van der Waals surface area contributed by atoms with Crippen molar-refractivity contribution < 1.29 is 0 Å². The second-order valence-corrected chi connectivity index (χ2v) is 4.34. The fourth-order valence-electron chi connectivity index (χ4n) is 1.46. The molecule has 1 aromatic carbocycles. The summed E-state index contributed by atoms with van der Waals surface area (Å²) in [7, 11) is 0. The average molecular weight is 176 g/mol. The number of hydrogen-bond donors (Lipinski definition) is 0. The van der Waals surface area contributed by atoms with Crippen molar-refractivity contribution in [1.29, 1.82) is 0 Å². The lowest BCUT2D eigenvalue weighted by molar-refractivity contribution is 1.18. The van der Waals surface area contributed by atoms with E-state index in [1.54, 1.807) is 0 Å². The van der Waals surface area contributed by atoms with Crippen LogP contribution in [0.5, 0.6) is 0 Å². The summed E-state index contributed by atoms with van der Waals surface area (Å²) in [5.41, 5.74) is 4.00. The van der Waals surface area contributed by atoms with Gasteiger partial charge in [-0.25, -0.2) is 0 Å². The maximum absolute atomic E-state index is 4.08. The maximum Gasteiger partial charge on any atom is 0.0147 e. The molecule has 0 N–H and O–H groups in total. The second kappa shape index (κ2) is 2.98. The molecular weight excluding hydrogens is 164 g/mol. The quantitative estimate of drug-likeness (QED) is 0.583. The summed E-state index contributed by atoms with van der Waals surface area (Å²) in [6, 6.07) is 6.62. The molecule has 12 heavy (non-hydrogen) atoms. The van der Waals surface area contributed by atoms with Crippen molar-refractivity contribution in [3.8, 4) is 0 Å². The standard InChI is InChI=1S/C11H12S/c1-8-3-4-11-10(7-8)9(2)5-6-12-11/h3-4,7H,2,5-6H2,1H3. The molecule has 0 saturated carbocycles. The minimum atomic E-state index is 1.14. The average Bonchev–Trinajstić information content (AvgIpc) is 2.07. The van der Waals surface area contributed by atoms with Crippen LogP contribution in [0.25, 0.3) is 5.57 Å². The summed E-state index contributed by atoms with van der Waals surface area (Å²) in [5, 5.41) is 0. The Morgan fingerprint density at radius 2 is 2.25 bits per heavy atom. The first-order valence-electron chi connectivity index (χ1n) is 4.19. The summed E-state index contributed by atoms with van der Waals surface area (Å²) in [6.45, 7) is 6.22. The summed E-state index contributed by atoms with van der Waals surface area (Å²) < 4.78 is 0. The van der Waals surface area contributed by atoms with Crippen LogP contribution < -0.4 is 0 Å². The lowest BCUT2D eigenvalue weighted by Crippen LogP contribution is -1.96.